The molecule has 32 heavy (non-hydrogen) atoms. The lowest BCUT2D eigenvalue weighted by atomic mass is 10.0. The van der Waals surface area contributed by atoms with Crippen molar-refractivity contribution in [1.82, 2.24) is 19.9 Å². The number of rotatable bonds is 10. The predicted molar refractivity (Wildman–Crippen MR) is 127 cm³/mol. The van der Waals surface area contributed by atoms with E-state index in [2.05, 4.69) is 33.6 Å². The molecule has 2 heterocycles. The molecule has 0 saturated heterocycles. The van der Waals surface area contributed by atoms with E-state index < -0.39 is 0 Å². The fourth-order valence-electron chi connectivity index (χ4n) is 3.38. The van der Waals surface area contributed by atoms with Crippen LogP contribution in [0.25, 0.3) is 11.3 Å². The first-order valence-corrected chi connectivity index (χ1v) is 10.6. The molecule has 0 fully saturated rings. The van der Waals surface area contributed by atoms with Crippen molar-refractivity contribution in [2.24, 2.45) is 0 Å². The molecule has 2 aromatic heterocycles. The zero-order chi connectivity index (χ0) is 22.9. The Hall–Kier alpha value is -3.52. The van der Waals surface area contributed by atoms with Crippen LogP contribution in [-0.4, -0.2) is 53.5 Å². The van der Waals surface area contributed by atoms with Gasteiger partial charge in [-0.1, -0.05) is 25.5 Å². The Morgan fingerprint density at radius 3 is 2.69 bits per heavy atom. The number of amides is 1. The van der Waals surface area contributed by atoms with Gasteiger partial charge in [0, 0.05) is 18.0 Å². The fourth-order valence-corrected chi connectivity index (χ4v) is 3.38. The molecule has 0 radical (unpaired) electrons. The Morgan fingerprint density at radius 2 is 2.00 bits per heavy atom. The minimum absolute atomic E-state index is 0.0991. The van der Waals surface area contributed by atoms with Crippen molar-refractivity contribution in [1.29, 1.82) is 0 Å². The van der Waals surface area contributed by atoms with E-state index in [1.807, 2.05) is 49.5 Å². The Morgan fingerprint density at radius 1 is 1.16 bits per heavy atom. The first-order chi connectivity index (χ1) is 15.5. The quantitative estimate of drug-likeness (QED) is 0.498. The number of methoxy groups -OCH3 is 1. The van der Waals surface area contributed by atoms with E-state index in [1.165, 1.54) is 0 Å². The van der Waals surface area contributed by atoms with Gasteiger partial charge in [0.05, 0.1) is 43.5 Å². The summed E-state index contributed by atoms with van der Waals surface area (Å²) in [5.74, 6) is 1.14. The molecule has 0 aliphatic rings. The second-order valence-corrected chi connectivity index (χ2v) is 7.76. The molecule has 0 saturated carbocycles. The summed E-state index contributed by atoms with van der Waals surface area (Å²) < 4.78 is 5.50. The number of carbonyl (C=O) groups is 1. The largest absolute Gasteiger partial charge is 0.495 e. The molecule has 0 aliphatic carbocycles. The van der Waals surface area contributed by atoms with Crippen LogP contribution in [0.4, 0.5) is 11.5 Å². The van der Waals surface area contributed by atoms with E-state index in [4.69, 9.17) is 9.72 Å². The lowest BCUT2D eigenvalue weighted by Gasteiger charge is -2.19. The molecular weight excluding hydrogens is 404 g/mol. The van der Waals surface area contributed by atoms with Crippen LogP contribution in [0.15, 0.2) is 55.1 Å². The lowest BCUT2D eigenvalue weighted by Crippen LogP contribution is -2.27. The Bertz CT molecular complexity index is 1030. The van der Waals surface area contributed by atoms with E-state index in [-0.39, 0.29) is 11.9 Å². The molecule has 3 aromatic rings. The summed E-state index contributed by atoms with van der Waals surface area (Å²) in [5, 5.41) is 6.37. The van der Waals surface area contributed by atoms with Gasteiger partial charge < -0.3 is 20.3 Å². The van der Waals surface area contributed by atoms with Crippen LogP contribution in [0, 0.1) is 0 Å². The van der Waals surface area contributed by atoms with Crippen molar-refractivity contribution in [3.63, 3.8) is 0 Å². The minimum Gasteiger partial charge on any atom is -0.495 e. The average Bonchev–Trinajstić information content (AvgIpc) is 2.79. The van der Waals surface area contributed by atoms with Gasteiger partial charge in [0.25, 0.3) is 0 Å². The molecule has 0 bridgehead atoms. The number of pyridine rings is 1. The van der Waals surface area contributed by atoms with E-state index >= 15 is 0 Å². The number of nitrogens with zero attached hydrogens (tertiary/aromatic N) is 4. The first kappa shape index (κ1) is 23.1. The van der Waals surface area contributed by atoms with Crippen molar-refractivity contribution >= 4 is 17.4 Å². The molecule has 2 N–H and O–H groups in total. The van der Waals surface area contributed by atoms with Gasteiger partial charge in [-0.2, -0.15) is 0 Å². The van der Waals surface area contributed by atoms with Gasteiger partial charge in [0.15, 0.2) is 0 Å². The molecule has 1 aromatic carbocycles. The molecular formula is C24H30N6O2. The molecule has 1 amide bonds. The van der Waals surface area contributed by atoms with Gasteiger partial charge in [-0.15, -0.1) is 0 Å². The molecule has 8 nitrogen and oxygen atoms in total. The highest BCUT2D eigenvalue weighted by Crippen LogP contribution is 2.31. The SMILES string of the molecule is CCC[C@H](Nc1cncc(-c2ccc(NC(=O)CN(C)C)c(OC)c2)n1)c1cccnc1. The maximum absolute atomic E-state index is 12.1. The monoisotopic (exact) mass is 434 g/mol. The maximum atomic E-state index is 12.1. The van der Waals surface area contributed by atoms with Crippen molar-refractivity contribution in [2.45, 2.75) is 25.8 Å². The van der Waals surface area contributed by atoms with E-state index in [0.717, 1.165) is 24.0 Å². The minimum atomic E-state index is -0.107. The third-order valence-corrected chi connectivity index (χ3v) is 4.85. The van der Waals surface area contributed by atoms with Crippen LogP contribution in [0.3, 0.4) is 0 Å². The predicted octanol–water partition coefficient (Wildman–Crippen LogP) is 4.00. The summed E-state index contributed by atoms with van der Waals surface area (Å²) in [6, 6.07) is 9.66. The average molecular weight is 435 g/mol. The van der Waals surface area contributed by atoms with Gasteiger partial charge in [-0.3, -0.25) is 14.8 Å². The Balaban J connectivity index is 1.81. The fraction of sp³-hybridized carbons (Fsp3) is 0.333. The normalized spacial score (nSPS) is 11.8. The summed E-state index contributed by atoms with van der Waals surface area (Å²) in [4.78, 5) is 27.3. The standard InChI is InChI=1S/C24H30N6O2/c1-5-7-19(18-8-6-11-25-13-18)27-23-15-26-14-21(28-23)17-9-10-20(22(12-17)32-4)29-24(31)16-30(2)3/h6,8-15,19H,5,7,16H2,1-4H3,(H,27,28)(H,29,31)/t19-/m0/s1. The Kier molecular flexibility index (Phi) is 8.10. The summed E-state index contributed by atoms with van der Waals surface area (Å²) in [6.45, 7) is 2.44. The Labute approximate surface area is 189 Å². The van der Waals surface area contributed by atoms with Crippen molar-refractivity contribution in [2.75, 3.05) is 38.4 Å². The van der Waals surface area contributed by atoms with Crippen LogP contribution in [0.1, 0.15) is 31.4 Å². The maximum Gasteiger partial charge on any atom is 0.238 e. The number of hydrogen-bond donors (Lipinski definition) is 2. The number of nitrogens with one attached hydrogen (secondary N) is 2. The number of hydrogen-bond acceptors (Lipinski definition) is 7. The number of carbonyl (C=O) groups excluding carboxylic acids is 1. The van der Waals surface area contributed by atoms with Gasteiger partial charge in [0.1, 0.15) is 11.6 Å². The van der Waals surface area contributed by atoms with Gasteiger partial charge >= 0.3 is 0 Å². The lowest BCUT2D eigenvalue weighted by molar-refractivity contribution is -0.116. The zero-order valence-corrected chi connectivity index (χ0v) is 19.0. The topological polar surface area (TPSA) is 92.3 Å². The second kappa shape index (κ2) is 11.2. The number of benzene rings is 1. The van der Waals surface area contributed by atoms with Gasteiger partial charge in [-0.25, -0.2) is 4.98 Å². The van der Waals surface area contributed by atoms with E-state index in [0.29, 0.717) is 29.5 Å². The molecule has 8 heteroatoms. The van der Waals surface area contributed by atoms with E-state index in [1.54, 1.807) is 25.7 Å². The van der Waals surface area contributed by atoms with Gasteiger partial charge in [-0.05, 0) is 44.3 Å². The highest BCUT2D eigenvalue weighted by molar-refractivity contribution is 5.94. The highest BCUT2D eigenvalue weighted by Gasteiger charge is 2.14. The van der Waals surface area contributed by atoms with Crippen LogP contribution >= 0.6 is 0 Å². The van der Waals surface area contributed by atoms with Crippen LogP contribution in [0.5, 0.6) is 5.75 Å². The van der Waals surface area contributed by atoms with Gasteiger partial charge in [0.2, 0.25) is 5.91 Å². The van der Waals surface area contributed by atoms with Crippen molar-refractivity contribution in [3.05, 3.63) is 60.7 Å². The molecule has 0 aliphatic heterocycles. The third kappa shape index (κ3) is 6.24. The van der Waals surface area contributed by atoms with E-state index in [9.17, 15) is 4.79 Å². The number of anilines is 2. The van der Waals surface area contributed by atoms with Crippen molar-refractivity contribution < 1.29 is 9.53 Å². The first-order valence-electron chi connectivity index (χ1n) is 10.6. The van der Waals surface area contributed by atoms with Crippen LogP contribution < -0.4 is 15.4 Å². The molecule has 3 rings (SSSR count). The smallest absolute Gasteiger partial charge is 0.238 e. The molecule has 1 atom stereocenters. The summed E-state index contributed by atoms with van der Waals surface area (Å²) in [5.41, 5.74) is 3.28. The third-order valence-electron chi connectivity index (χ3n) is 4.85. The van der Waals surface area contributed by atoms with Crippen LogP contribution in [0.2, 0.25) is 0 Å². The number of aromatic nitrogens is 3. The highest BCUT2D eigenvalue weighted by atomic mass is 16.5. The van der Waals surface area contributed by atoms with Crippen LogP contribution in [-0.2, 0) is 4.79 Å². The number of ether oxygens (including phenoxy) is 1. The summed E-state index contributed by atoms with van der Waals surface area (Å²) in [7, 11) is 5.27. The van der Waals surface area contributed by atoms with Crippen molar-refractivity contribution in [3.8, 4) is 17.0 Å². The zero-order valence-electron chi connectivity index (χ0n) is 19.0. The molecule has 0 unspecified atom stereocenters. The second-order valence-electron chi connectivity index (χ2n) is 7.76. The molecule has 168 valence electrons. The summed E-state index contributed by atoms with van der Waals surface area (Å²) in [6.07, 6.45) is 9.05. The number of likely N-dealkylation sites (N-methyl/N-ethyl adjacent to an activating group) is 1. The summed E-state index contributed by atoms with van der Waals surface area (Å²) >= 11 is 0. The molecule has 0 spiro atoms.